The van der Waals surface area contributed by atoms with Gasteiger partial charge >= 0.3 is 0 Å². The smallest absolute Gasteiger partial charge is 0.128 e. The first-order chi connectivity index (χ1) is 14.6. The van der Waals surface area contributed by atoms with Gasteiger partial charge < -0.3 is 19.7 Å². The molecule has 5 nitrogen and oxygen atoms in total. The topological polar surface area (TPSA) is 46.6 Å². The zero-order valence-electron chi connectivity index (χ0n) is 18.1. The van der Waals surface area contributed by atoms with E-state index in [-0.39, 0.29) is 12.2 Å². The lowest BCUT2D eigenvalue weighted by Crippen LogP contribution is -2.45. The summed E-state index contributed by atoms with van der Waals surface area (Å²) in [6, 6.07) is 16.9. The fourth-order valence-electron chi connectivity index (χ4n) is 4.19. The van der Waals surface area contributed by atoms with Crippen molar-refractivity contribution in [3.05, 3.63) is 65.9 Å². The Morgan fingerprint density at radius 3 is 2.57 bits per heavy atom. The molecule has 30 heavy (non-hydrogen) atoms. The van der Waals surface area contributed by atoms with Gasteiger partial charge in [0.2, 0.25) is 0 Å². The molecule has 4 rings (SSSR count). The molecule has 3 aromatic rings. The van der Waals surface area contributed by atoms with E-state index in [0.717, 1.165) is 37.7 Å². The van der Waals surface area contributed by atoms with Crippen LogP contribution in [0.5, 0.6) is 5.75 Å². The number of benzene rings is 2. The molecule has 5 heteroatoms. The molecule has 1 aliphatic rings. The normalized spacial score (nSPS) is 19.2. The van der Waals surface area contributed by atoms with E-state index in [0.29, 0.717) is 6.61 Å². The van der Waals surface area contributed by atoms with Gasteiger partial charge in [-0.2, -0.15) is 0 Å². The molecule has 158 valence electrons. The SMILES string of the molecule is CCOc1ccc2ccccc2c1CNCc1ccc(N2CC(C)OC(C)C2)nc1. The van der Waals surface area contributed by atoms with E-state index in [2.05, 4.69) is 72.6 Å². The standard InChI is InChI=1S/C25H31N3O2/c1-4-29-24-11-10-21-7-5-6-8-22(21)23(24)15-26-13-20-9-12-25(27-14-20)28-16-18(2)30-19(3)17-28/h5-12,14,18-19,26H,4,13,15-17H2,1-3H3. The molecule has 0 aliphatic carbocycles. The van der Waals surface area contributed by atoms with Crippen molar-refractivity contribution in [3.63, 3.8) is 0 Å². The average molecular weight is 406 g/mol. The lowest BCUT2D eigenvalue weighted by Gasteiger charge is -2.36. The molecular formula is C25H31N3O2. The average Bonchev–Trinajstić information content (AvgIpc) is 2.75. The van der Waals surface area contributed by atoms with Crippen molar-refractivity contribution in [2.75, 3.05) is 24.6 Å². The predicted octanol–water partition coefficient (Wildman–Crippen LogP) is 4.54. The van der Waals surface area contributed by atoms with E-state index >= 15 is 0 Å². The zero-order valence-corrected chi connectivity index (χ0v) is 18.1. The van der Waals surface area contributed by atoms with Gasteiger partial charge in [0.25, 0.3) is 0 Å². The summed E-state index contributed by atoms with van der Waals surface area (Å²) < 4.78 is 11.7. The molecule has 0 saturated carbocycles. The number of fused-ring (bicyclic) bond motifs is 1. The van der Waals surface area contributed by atoms with Crippen molar-refractivity contribution in [1.82, 2.24) is 10.3 Å². The summed E-state index contributed by atoms with van der Waals surface area (Å²) in [4.78, 5) is 7.01. The highest BCUT2D eigenvalue weighted by molar-refractivity contribution is 5.87. The third kappa shape index (κ3) is 4.74. The van der Waals surface area contributed by atoms with Crippen LogP contribution in [0.1, 0.15) is 31.9 Å². The number of nitrogens with zero attached hydrogens (tertiary/aromatic N) is 2. The number of nitrogens with one attached hydrogen (secondary N) is 1. The molecule has 1 aliphatic heterocycles. The Morgan fingerprint density at radius 1 is 1.03 bits per heavy atom. The van der Waals surface area contributed by atoms with Crippen LogP contribution in [0.2, 0.25) is 0 Å². The second-order valence-electron chi connectivity index (χ2n) is 7.99. The minimum atomic E-state index is 0.233. The summed E-state index contributed by atoms with van der Waals surface area (Å²) >= 11 is 0. The molecule has 2 unspecified atom stereocenters. The number of rotatable bonds is 7. The summed E-state index contributed by atoms with van der Waals surface area (Å²) in [5.41, 5.74) is 2.38. The van der Waals surface area contributed by atoms with Crippen LogP contribution in [0.3, 0.4) is 0 Å². The second kappa shape index (κ2) is 9.45. The van der Waals surface area contributed by atoms with E-state index in [9.17, 15) is 0 Å². The van der Waals surface area contributed by atoms with Gasteiger partial charge in [-0.05, 0) is 49.2 Å². The van der Waals surface area contributed by atoms with Crippen LogP contribution < -0.4 is 15.0 Å². The van der Waals surface area contributed by atoms with Crippen molar-refractivity contribution in [3.8, 4) is 5.75 Å². The molecule has 1 saturated heterocycles. The van der Waals surface area contributed by atoms with Gasteiger partial charge in [-0.15, -0.1) is 0 Å². The van der Waals surface area contributed by atoms with Crippen LogP contribution in [-0.2, 0) is 17.8 Å². The van der Waals surface area contributed by atoms with E-state index in [1.54, 1.807) is 0 Å². The largest absolute Gasteiger partial charge is 0.494 e. The predicted molar refractivity (Wildman–Crippen MR) is 122 cm³/mol. The van der Waals surface area contributed by atoms with Crippen LogP contribution >= 0.6 is 0 Å². The Morgan fingerprint density at radius 2 is 1.83 bits per heavy atom. The van der Waals surface area contributed by atoms with Gasteiger partial charge in [0.05, 0.1) is 18.8 Å². The first kappa shape index (κ1) is 20.6. The van der Waals surface area contributed by atoms with E-state index in [4.69, 9.17) is 14.5 Å². The van der Waals surface area contributed by atoms with Crippen LogP contribution in [0, 0.1) is 0 Å². The number of anilines is 1. The van der Waals surface area contributed by atoms with Crippen LogP contribution in [0.15, 0.2) is 54.7 Å². The van der Waals surface area contributed by atoms with Gasteiger partial charge in [-0.3, -0.25) is 0 Å². The Bertz CT molecular complexity index is 964. The molecule has 0 amide bonds. The van der Waals surface area contributed by atoms with Gasteiger partial charge in [0, 0.05) is 37.9 Å². The van der Waals surface area contributed by atoms with Gasteiger partial charge in [-0.1, -0.05) is 36.4 Å². The maximum Gasteiger partial charge on any atom is 0.128 e. The molecule has 0 spiro atoms. The zero-order chi connectivity index (χ0) is 20.9. The van der Waals surface area contributed by atoms with Gasteiger partial charge in [0.15, 0.2) is 0 Å². The van der Waals surface area contributed by atoms with Crippen molar-refractivity contribution in [2.45, 2.75) is 46.1 Å². The molecule has 2 heterocycles. The van der Waals surface area contributed by atoms with Gasteiger partial charge in [-0.25, -0.2) is 4.98 Å². The summed E-state index contributed by atoms with van der Waals surface area (Å²) in [7, 11) is 0. The van der Waals surface area contributed by atoms with E-state index in [1.807, 2.05) is 13.1 Å². The highest BCUT2D eigenvalue weighted by Crippen LogP contribution is 2.28. The quantitative estimate of drug-likeness (QED) is 0.625. The highest BCUT2D eigenvalue weighted by Gasteiger charge is 2.22. The van der Waals surface area contributed by atoms with Gasteiger partial charge in [0.1, 0.15) is 11.6 Å². The lowest BCUT2D eigenvalue weighted by atomic mass is 10.0. The minimum absolute atomic E-state index is 0.233. The van der Waals surface area contributed by atoms with Crippen molar-refractivity contribution < 1.29 is 9.47 Å². The maximum atomic E-state index is 5.88. The van der Waals surface area contributed by atoms with Crippen molar-refractivity contribution >= 4 is 16.6 Å². The fraction of sp³-hybridized carbons (Fsp3) is 0.400. The number of pyridine rings is 1. The molecule has 1 N–H and O–H groups in total. The Balaban J connectivity index is 1.42. The summed E-state index contributed by atoms with van der Waals surface area (Å²) in [6.45, 7) is 10.2. The van der Waals surface area contributed by atoms with E-state index in [1.165, 1.54) is 21.9 Å². The number of ether oxygens (including phenoxy) is 2. The van der Waals surface area contributed by atoms with Crippen LogP contribution in [0.25, 0.3) is 10.8 Å². The highest BCUT2D eigenvalue weighted by atomic mass is 16.5. The molecule has 2 aromatic carbocycles. The van der Waals surface area contributed by atoms with Crippen LogP contribution in [-0.4, -0.2) is 36.9 Å². The fourth-order valence-corrected chi connectivity index (χ4v) is 4.19. The number of hydrogen-bond acceptors (Lipinski definition) is 5. The summed E-state index contributed by atoms with van der Waals surface area (Å²) in [5.74, 6) is 1.97. The van der Waals surface area contributed by atoms with Crippen LogP contribution in [0.4, 0.5) is 5.82 Å². The van der Waals surface area contributed by atoms with Crippen molar-refractivity contribution in [2.24, 2.45) is 0 Å². The Hall–Kier alpha value is -2.63. The monoisotopic (exact) mass is 405 g/mol. The summed E-state index contributed by atoms with van der Waals surface area (Å²) in [5, 5.41) is 6.04. The number of hydrogen-bond donors (Lipinski definition) is 1. The first-order valence-corrected chi connectivity index (χ1v) is 10.8. The number of morpholine rings is 1. The Kier molecular flexibility index (Phi) is 6.50. The first-order valence-electron chi connectivity index (χ1n) is 10.8. The van der Waals surface area contributed by atoms with Crippen molar-refractivity contribution in [1.29, 1.82) is 0 Å². The molecular weight excluding hydrogens is 374 g/mol. The maximum absolute atomic E-state index is 5.88. The lowest BCUT2D eigenvalue weighted by molar-refractivity contribution is -0.00545. The molecule has 0 radical (unpaired) electrons. The minimum Gasteiger partial charge on any atom is -0.494 e. The summed E-state index contributed by atoms with van der Waals surface area (Å²) in [6.07, 6.45) is 2.44. The number of aromatic nitrogens is 1. The molecule has 1 aromatic heterocycles. The molecule has 0 bridgehead atoms. The molecule has 1 fully saturated rings. The second-order valence-corrected chi connectivity index (χ2v) is 7.99. The molecule has 2 atom stereocenters. The third-order valence-electron chi connectivity index (χ3n) is 5.48. The Labute approximate surface area is 179 Å². The third-order valence-corrected chi connectivity index (χ3v) is 5.48. The van der Waals surface area contributed by atoms with E-state index < -0.39 is 0 Å².